The zero-order valence-corrected chi connectivity index (χ0v) is 13.2. The summed E-state index contributed by atoms with van der Waals surface area (Å²) in [5, 5.41) is 3.15. The Labute approximate surface area is 128 Å². The molecule has 0 aliphatic heterocycles. The smallest absolute Gasteiger partial charge is 0.128 e. The van der Waals surface area contributed by atoms with Crippen molar-refractivity contribution in [3.8, 4) is 0 Å². The van der Waals surface area contributed by atoms with Gasteiger partial charge in [-0.3, -0.25) is 0 Å². The molecule has 2 aromatic carbocycles. The quantitative estimate of drug-likeness (QED) is 0.808. The minimum Gasteiger partial charge on any atom is -0.312 e. The lowest BCUT2D eigenvalue weighted by molar-refractivity contribution is 0.561. The Hall–Kier alpha value is -1.39. The summed E-state index contributed by atoms with van der Waals surface area (Å²) in [5.41, 5.74) is 2.54. The van der Waals surface area contributed by atoms with Crippen molar-refractivity contribution in [2.45, 2.75) is 24.8 Å². The van der Waals surface area contributed by atoms with Crippen molar-refractivity contribution in [3.05, 3.63) is 64.7 Å². The number of benzene rings is 2. The molecule has 4 heteroatoms. The van der Waals surface area contributed by atoms with Crippen LogP contribution in [0.2, 0.25) is 0 Å². The number of thioether (sulfide) groups is 1. The molecule has 0 heterocycles. The van der Waals surface area contributed by atoms with Crippen molar-refractivity contribution in [3.63, 3.8) is 0 Å². The lowest BCUT2D eigenvalue weighted by Gasteiger charge is -2.20. The highest BCUT2D eigenvalue weighted by molar-refractivity contribution is 7.99. The summed E-state index contributed by atoms with van der Waals surface area (Å²) in [6.07, 6.45) is 0. The molecule has 0 amide bonds. The Balaban J connectivity index is 2.17. The molecule has 2 aromatic rings. The molecule has 1 N–H and O–H groups in total. The number of hydrogen-bond acceptors (Lipinski definition) is 2. The normalized spacial score (nSPS) is 12.4. The lowest BCUT2D eigenvalue weighted by Crippen LogP contribution is -2.21. The first-order valence-corrected chi connectivity index (χ1v) is 7.82. The lowest BCUT2D eigenvalue weighted by atomic mass is 9.99. The molecule has 1 unspecified atom stereocenters. The number of aryl methyl sites for hydroxylation is 2. The van der Waals surface area contributed by atoms with Crippen LogP contribution >= 0.6 is 11.8 Å². The second kappa shape index (κ2) is 7.05. The largest absolute Gasteiger partial charge is 0.312 e. The summed E-state index contributed by atoms with van der Waals surface area (Å²) < 4.78 is 27.4. The van der Waals surface area contributed by atoms with Gasteiger partial charge in [-0.2, -0.15) is 0 Å². The first-order chi connectivity index (χ1) is 10.0. The molecular formula is C17H19F2NS. The van der Waals surface area contributed by atoms with Gasteiger partial charge in [-0.25, -0.2) is 8.78 Å². The van der Waals surface area contributed by atoms with Crippen molar-refractivity contribution in [2.24, 2.45) is 0 Å². The van der Waals surface area contributed by atoms with Crippen LogP contribution in [-0.2, 0) is 0 Å². The maximum Gasteiger partial charge on any atom is 0.128 e. The van der Waals surface area contributed by atoms with Gasteiger partial charge in [0.25, 0.3) is 0 Å². The fourth-order valence-electron chi connectivity index (χ4n) is 2.42. The van der Waals surface area contributed by atoms with Gasteiger partial charge in [0.2, 0.25) is 0 Å². The van der Waals surface area contributed by atoms with E-state index in [1.54, 1.807) is 12.1 Å². The maximum atomic E-state index is 14.2. The molecule has 1 nitrogen and oxygen atoms in total. The summed E-state index contributed by atoms with van der Waals surface area (Å²) in [4.78, 5) is 0.848. The minimum atomic E-state index is -0.251. The van der Waals surface area contributed by atoms with Gasteiger partial charge in [-0.15, -0.1) is 11.8 Å². The van der Waals surface area contributed by atoms with Gasteiger partial charge in [-0.05, 0) is 56.3 Å². The molecule has 0 saturated heterocycles. The second-order valence-electron chi connectivity index (χ2n) is 5.09. The van der Waals surface area contributed by atoms with Crippen molar-refractivity contribution < 1.29 is 8.78 Å². The molecule has 21 heavy (non-hydrogen) atoms. The molecule has 0 spiro atoms. The SMILES string of the molecule is CNC(CSc1cccc(F)c1)c1c(C)cc(C)cc1F. The van der Waals surface area contributed by atoms with Crippen LogP contribution < -0.4 is 5.32 Å². The summed E-state index contributed by atoms with van der Waals surface area (Å²) in [6, 6.07) is 9.88. The third-order valence-corrected chi connectivity index (χ3v) is 4.48. The van der Waals surface area contributed by atoms with E-state index in [1.807, 2.05) is 33.0 Å². The molecule has 1 atom stereocenters. The zero-order chi connectivity index (χ0) is 15.4. The highest BCUT2D eigenvalue weighted by Crippen LogP contribution is 2.29. The van der Waals surface area contributed by atoms with E-state index in [2.05, 4.69) is 5.32 Å². The standard InChI is InChI=1S/C17H19F2NS/c1-11-7-12(2)17(15(19)8-11)16(20-3)10-21-14-6-4-5-13(18)9-14/h4-9,16,20H,10H2,1-3H3. The van der Waals surface area contributed by atoms with Crippen LogP contribution in [0.4, 0.5) is 8.78 Å². The fraction of sp³-hybridized carbons (Fsp3) is 0.294. The van der Waals surface area contributed by atoms with Gasteiger partial charge in [0, 0.05) is 22.3 Å². The summed E-state index contributed by atoms with van der Waals surface area (Å²) in [5.74, 6) is 0.200. The van der Waals surface area contributed by atoms with Crippen LogP contribution in [0.25, 0.3) is 0 Å². The van der Waals surface area contributed by atoms with E-state index in [-0.39, 0.29) is 17.7 Å². The fourth-order valence-corrected chi connectivity index (χ4v) is 3.48. The molecule has 0 bridgehead atoms. The number of hydrogen-bond donors (Lipinski definition) is 1. The zero-order valence-electron chi connectivity index (χ0n) is 12.4. The Kier molecular flexibility index (Phi) is 5.37. The average Bonchev–Trinajstić information content (AvgIpc) is 2.41. The van der Waals surface area contributed by atoms with Gasteiger partial charge >= 0.3 is 0 Å². The van der Waals surface area contributed by atoms with Gasteiger partial charge in [-0.1, -0.05) is 12.1 Å². The molecule has 0 aliphatic carbocycles. The molecule has 0 aliphatic rings. The average molecular weight is 307 g/mol. The predicted octanol–water partition coefficient (Wildman–Crippen LogP) is 4.63. The first kappa shape index (κ1) is 16.0. The van der Waals surface area contributed by atoms with Crippen LogP contribution in [0.1, 0.15) is 22.7 Å². The van der Waals surface area contributed by atoms with Crippen molar-refractivity contribution in [1.29, 1.82) is 0 Å². The molecule has 2 rings (SSSR count). The van der Waals surface area contributed by atoms with Crippen molar-refractivity contribution >= 4 is 11.8 Å². The summed E-state index contributed by atoms with van der Waals surface area (Å²) in [6.45, 7) is 3.80. The van der Waals surface area contributed by atoms with E-state index in [4.69, 9.17) is 0 Å². The Morgan fingerprint density at radius 1 is 1.14 bits per heavy atom. The van der Waals surface area contributed by atoms with Gasteiger partial charge in [0.15, 0.2) is 0 Å². The highest BCUT2D eigenvalue weighted by atomic mass is 32.2. The third kappa shape index (κ3) is 4.05. The van der Waals surface area contributed by atoms with Crippen LogP contribution in [0.3, 0.4) is 0 Å². The number of halogens is 2. The van der Waals surface area contributed by atoms with E-state index in [0.29, 0.717) is 11.3 Å². The maximum absolute atomic E-state index is 14.2. The monoisotopic (exact) mass is 307 g/mol. The summed E-state index contributed by atoms with van der Waals surface area (Å²) >= 11 is 1.51. The van der Waals surface area contributed by atoms with Crippen molar-refractivity contribution in [1.82, 2.24) is 5.32 Å². The number of rotatable bonds is 5. The molecule has 0 aromatic heterocycles. The van der Waals surface area contributed by atoms with E-state index >= 15 is 0 Å². The van der Waals surface area contributed by atoms with Gasteiger partial charge in [0.1, 0.15) is 11.6 Å². The van der Waals surface area contributed by atoms with E-state index in [1.165, 1.54) is 23.9 Å². The molecular weight excluding hydrogens is 288 g/mol. The highest BCUT2D eigenvalue weighted by Gasteiger charge is 2.17. The first-order valence-electron chi connectivity index (χ1n) is 6.83. The van der Waals surface area contributed by atoms with Crippen LogP contribution in [0, 0.1) is 25.5 Å². The third-order valence-electron chi connectivity index (χ3n) is 3.39. The second-order valence-corrected chi connectivity index (χ2v) is 6.18. The van der Waals surface area contributed by atoms with E-state index in [0.717, 1.165) is 16.0 Å². The van der Waals surface area contributed by atoms with E-state index < -0.39 is 0 Å². The Bertz CT molecular complexity index is 605. The van der Waals surface area contributed by atoms with Crippen LogP contribution in [-0.4, -0.2) is 12.8 Å². The van der Waals surface area contributed by atoms with Crippen LogP contribution in [0.5, 0.6) is 0 Å². The van der Waals surface area contributed by atoms with Crippen molar-refractivity contribution in [2.75, 3.05) is 12.8 Å². The topological polar surface area (TPSA) is 12.0 Å². The minimum absolute atomic E-state index is 0.112. The molecule has 0 radical (unpaired) electrons. The van der Waals surface area contributed by atoms with E-state index in [9.17, 15) is 8.78 Å². The Morgan fingerprint density at radius 2 is 1.90 bits per heavy atom. The summed E-state index contributed by atoms with van der Waals surface area (Å²) in [7, 11) is 1.82. The van der Waals surface area contributed by atoms with Crippen LogP contribution in [0.15, 0.2) is 41.3 Å². The molecule has 0 saturated carbocycles. The van der Waals surface area contributed by atoms with Gasteiger partial charge in [0.05, 0.1) is 0 Å². The van der Waals surface area contributed by atoms with Gasteiger partial charge < -0.3 is 5.32 Å². The Morgan fingerprint density at radius 3 is 2.52 bits per heavy atom. The number of nitrogens with one attached hydrogen (secondary N) is 1. The molecule has 0 fully saturated rings. The molecule has 112 valence electrons. The predicted molar refractivity (Wildman–Crippen MR) is 84.8 cm³/mol.